The highest BCUT2D eigenvalue weighted by Gasteiger charge is 1.96. The number of pyridine rings is 1. The van der Waals surface area contributed by atoms with Crippen molar-refractivity contribution in [3.05, 3.63) is 83.7 Å². The molecule has 0 aliphatic heterocycles. The molecule has 0 saturated carbocycles. The monoisotopic (exact) mass is 350 g/mol. The van der Waals surface area contributed by atoms with Crippen LogP contribution in [0.3, 0.4) is 0 Å². The Morgan fingerprint density at radius 3 is 1.81 bits per heavy atom. The normalized spacial score (nSPS) is 10.2. The van der Waals surface area contributed by atoms with E-state index in [2.05, 4.69) is 4.98 Å². The lowest BCUT2D eigenvalue weighted by Gasteiger charge is -1.98. The molecule has 1 heterocycles. The van der Waals surface area contributed by atoms with Gasteiger partial charge in [0.1, 0.15) is 17.2 Å². The van der Waals surface area contributed by atoms with E-state index in [1.54, 1.807) is 54.6 Å². The molecule has 1 amide bonds. The Labute approximate surface area is 150 Å². The van der Waals surface area contributed by atoms with Crippen molar-refractivity contribution in [2.75, 3.05) is 0 Å². The first-order chi connectivity index (χ1) is 12.4. The minimum Gasteiger partial charge on any atom is -0.508 e. The zero-order chi connectivity index (χ0) is 18.9. The van der Waals surface area contributed by atoms with Gasteiger partial charge in [-0.15, -0.1) is 0 Å². The summed E-state index contributed by atoms with van der Waals surface area (Å²) in [6.07, 6.45) is 6.65. The Balaban J connectivity index is 0.000000228. The number of primary amides is 1. The molecule has 0 saturated heterocycles. The van der Waals surface area contributed by atoms with Crippen LogP contribution >= 0.6 is 0 Å². The minimum atomic E-state index is -0.419. The Hall–Kier alpha value is -3.80. The number of nitrogens with zero attached hydrogens (tertiary/aromatic N) is 1. The van der Waals surface area contributed by atoms with Gasteiger partial charge in [-0.2, -0.15) is 0 Å². The predicted molar refractivity (Wildman–Crippen MR) is 99.6 cm³/mol. The Morgan fingerprint density at radius 1 is 0.769 bits per heavy atom. The summed E-state index contributed by atoms with van der Waals surface area (Å²) in [6, 6.07) is 14.3. The van der Waals surface area contributed by atoms with E-state index in [4.69, 9.17) is 10.8 Å². The fourth-order valence-electron chi connectivity index (χ4n) is 2.01. The molecule has 0 atom stereocenters. The van der Waals surface area contributed by atoms with Crippen LogP contribution in [-0.2, 0) is 0 Å². The Morgan fingerprint density at radius 2 is 1.31 bits per heavy atom. The number of phenolic OH excluding ortho intramolecular Hbond substituents is 3. The minimum absolute atomic E-state index is 0.0235. The van der Waals surface area contributed by atoms with E-state index >= 15 is 0 Å². The summed E-state index contributed by atoms with van der Waals surface area (Å²) >= 11 is 0. The molecule has 6 nitrogen and oxygen atoms in total. The first-order valence-corrected chi connectivity index (χ1v) is 7.64. The lowest BCUT2D eigenvalue weighted by atomic mass is 10.1. The van der Waals surface area contributed by atoms with Crippen LogP contribution in [-0.4, -0.2) is 26.2 Å². The number of nitrogens with two attached hydrogens (primary N) is 1. The highest BCUT2D eigenvalue weighted by molar-refractivity contribution is 5.92. The first kappa shape index (κ1) is 18.5. The molecule has 0 aliphatic rings. The van der Waals surface area contributed by atoms with Crippen LogP contribution < -0.4 is 5.73 Å². The second-order valence-corrected chi connectivity index (χ2v) is 5.31. The van der Waals surface area contributed by atoms with Crippen LogP contribution in [0.4, 0.5) is 0 Å². The van der Waals surface area contributed by atoms with Crippen molar-refractivity contribution >= 4 is 18.1 Å². The third kappa shape index (κ3) is 6.01. The van der Waals surface area contributed by atoms with Crippen molar-refractivity contribution in [2.24, 2.45) is 5.73 Å². The summed E-state index contributed by atoms with van der Waals surface area (Å²) in [7, 11) is 0. The molecule has 3 aromatic rings. The van der Waals surface area contributed by atoms with Gasteiger partial charge < -0.3 is 21.1 Å². The number of carbonyl (C=O) groups is 1. The highest BCUT2D eigenvalue weighted by Crippen LogP contribution is 2.22. The van der Waals surface area contributed by atoms with E-state index in [9.17, 15) is 15.0 Å². The van der Waals surface area contributed by atoms with Crippen molar-refractivity contribution in [3.63, 3.8) is 0 Å². The van der Waals surface area contributed by atoms with Crippen molar-refractivity contribution in [1.29, 1.82) is 0 Å². The lowest BCUT2D eigenvalue weighted by Crippen LogP contribution is -2.10. The summed E-state index contributed by atoms with van der Waals surface area (Å²) in [4.78, 5) is 14.1. The molecule has 0 radical (unpaired) electrons. The third-order valence-corrected chi connectivity index (χ3v) is 3.25. The van der Waals surface area contributed by atoms with E-state index in [1.807, 2.05) is 6.08 Å². The molecule has 3 rings (SSSR count). The van der Waals surface area contributed by atoms with Crippen molar-refractivity contribution in [3.8, 4) is 17.2 Å². The summed E-state index contributed by atoms with van der Waals surface area (Å²) in [5, 5.41) is 27.7. The summed E-state index contributed by atoms with van der Waals surface area (Å²) in [5.41, 5.74) is 7.06. The number of amides is 1. The zero-order valence-corrected chi connectivity index (χ0v) is 13.8. The molecular weight excluding hydrogens is 332 g/mol. The van der Waals surface area contributed by atoms with Gasteiger partial charge in [0.05, 0.1) is 0 Å². The molecular formula is C20H18N2O4. The van der Waals surface area contributed by atoms with E-state index < -0.39 is 5.91 Å². The number of benzene rings is 2. The Bertz CT molecular complexity index is 871. The van der Waals surface area contributed by atoms with Crippen LogP contribution in [0.1, 0.15) is 21.5 Å². The van der Waals surface area contributed by atoms with E-state index in [0.717, 1.165) is 5.56 Å². The quantitative estimate of drug-likeness (QED) is 0.541. The number of aromatic hydroxyl groups is 3. The van der Waals surface area contributed by atoms with Crippen LogP contribution in [0, 0.1) is 0 Å². The van der Waals surface area contributed by atoms with Gasteiger partial charge in [-0.1, -0.05) is 24.3 Å². The van der Waals surface area contributed by atoms with E-state index in [0.29, 0.717) is 11.1 Å². The second kappa shape index (κ2) is 8.89. The SMILES string of the molecule is NC(=O)c1ccncc1.Oc1ccc(/C=C/c2cc(O)cc(O)c2)cc1. The number of carbonyl (C=O) groups excluding carboxylic acids is 1. The largest absolute Gasteiger partial charge is 0.508 e. The van der Waals surface area contributed by atoms with Gasteiger partial charge in [-0.05, 0) is 47.5 Å². The zero-order valence-electron chi connectivity index (χ0n) is 13.8. The first-order valence-electron chi connectivity index (χ1n) is 7.64. The molecule has 0 unspecified atom stereocenters. The smallest absolute Gasteiger partial charge is 0.248 e. The molecule has 0 fully saturated rings. The average Bonchev–Trinajstić information content (AvgIpc) is 2.62. The van der Waals surface area contributed by atoms with Gasteiger partial charge in [0, 0.05) is 24.0 Å². The summed E-state index contributed by atoms with van der Waals surface area (Å²) in [6.45, 7) is 0. The van der Waals surface area contributed by atoms with E-state index in [-0.39, 0.29) is 17.2 Å². The number of aromatic nitrogens is 1. The van der Waals surface area contributed by atoms with Crippen LogP contribution in [0.25, 0.3) is 12.2 Å². The maximum absolute atomic E-state index is 10.4. The number of hydrogen-bond acceptors (Lipinski definition) is 5. The molecule has 0 bridgehead atoms. The maximum Gasteiger partial charge on any atom is 0.248 e. The van der Waals surface area contributed by atoms with Crippen LogP contribution in [0.2, 0.25) is 0 Å². The number of rotatable bonds is 3. The fraction of sp³-hybridized carbons (Fsp3) is 0. The van der Waals surface area contributed by atoms with Crippen molar-refractivity contribution in [2.45, 2.75) is 0 Å². The Kier molecular flexibility index (Phi) is 6.34. The van der Waals surface area contributed by atoms with Gasteiger partial charge in [-0.3, -0.25) is 9.78 Å². The maximum atomic E-state index is 10.4. The average molecular weight is 350 g/mol. The van der Waals surface area contributed by atoms with Crippen LogP contribution in [0.5, 0.6) is 17.2 Å². The lowest BCUT2D eigenvalue weighted by molar-refractivity contribution is 0.1000. The third-order valence-electron chi connectivity index (χ3n) is 3.25. The van der Waals surface area contributed by atoms with Gasteiger partial charge >= 0.3 is 0 Å². The molecule has 6 heteroatoms. The molecule has 0 spiro atoms. The number of hydrogen-bond donors (Lipinski definition) is 4. The molecule has 5 N–H and O–H groups in total. The van der Waals surface area contributed by atoms with Gasteiger partial charge in [0.25, 0.3) is 0 Å². The number of phenols is 3. The molecule has 1 aromatic heterocycles. The van der Waals surface area contributed by atoms with Crippen molar-refractivity contribution < 1.29 is 20.1 Å². The van der Waals surface area contributed by atoms with Crippen LogP contribution in [0.15, 0.2) is 67.0 Å². The summed E-state index contributed by atoms with van der Waals surface area (Å²) < 4.78 is 0. The van der Waals surface area contributed by atoms with Gasteiger partial charge in [0.15, 0.2) is 0 Å². The second-order valence-electron chi connectivity index (χ2n) is 5.31. The predicted octanol–water partition coefficient (Wildman–Crippen LogP) is 3.15. The summed E-state index contributed by atoms with van der Waals surface area (Å²) in [5.74, 6) is -0.153. The molecule has 26 heavy (non-hydrogen) atoms. The molecule has 0 aliphatic carbocycles. The van der Waals surface area contributed by atoms with Gasteiger partial charge in [0.2, 0.25) is 5.91 Å². The highest BCUT2D eigenvalue weighted by atomic mass is 16.3. The topological polar surface area (TPSA) is 117 Å². The van der Waals surface area contributed by atoms with Gasteiger partial charge in [-0.25, -0.2) is 0 Å². The standard InChI is InChI=1S/C14H12O3.C6H6N2O/c15-12-5-3-10(4-6-12)1-2-11-7-13(16)9-14(17)8-11;7-6(9)5-1-3-8-4-2-5/h1-9,15-17H;1-4H,(H2,7,9)/b2-1+;. The van der Waals surface area contributed by atoms with E-state index in [1.165, 1.54) is 18.5 Å². The molecule has 132 valence electrons. The van der Waals surface area contributed by atoms with Crippen molar-refractivity contribution in [1.82, 2.24) is 4.98 Å². The molecule has 2 aromatic carbocycles. The fourth-order valence-corrected chi connectivity index (χ4v) is 2.01.